The summed E-state index contributed by atoms with van der Waals surface area (Å²) in [7, 11) is 0. The fraction of sp³-hybridized carbons (Fsp3) is 0.489. The lowest BCUT2D eigenvalue weighted by Gasteiger charge is -2.28. The molecule has 0 aliphatic heterocycles. The van der Waals surface area contributed by atoms with Crippen LogP contribution in [-0.4, -0.2) is 128 Å². The summed E-state index contributed by atoms with van der Waals surface area (Å²) in [5.74, 6) is -6.49. The van der Waals surface area contributed by atoms with Gasteiger partial charge in [0.05, 0.1) is 19.3 Å². The standard InChI is InChI=1S/C45H64N10O10S/c1-6-27(4)48-24-38(57)50-35(20-29-12-14-31(56)15-13-29)43(63)51-32(16-17-66-5)41(61)54-36(19-28-10-8-7-9-11-28)44(64)55-37(21-30-23-47-25-49-30)45(65)53-34(18-26(2)3)42(62)52-33(40(46)60)22-39(58)59/h7-15,23,25-27,32-37,48,56H,6,16-22,24H2,1-5H3,(H2,46,60)(H,47,49)(H,50,57)(H,51,63)(H,52,62)(H,53,65)(H,54,61)(H,55,64)(H,58,59)/t27-,32+,33-,34-,35-,36-,37-/m0/s1. The molecule has 0 fully saturated rings. The number of benzene rings is 2. The number of nitrogens with zero attached hydrogens (tertiary/aromatic N) is 1. The predicted octanol–water partition coefficient (Wildman–Crippen LogP) is 0.199. The first-order chi connectivity index (χ1) is 31.4. The summed E-state index contributed by atoms with van der Waals surface area (Å²) in [6.07, 6.45) is 4.67. The van der Waals surface area contributed by atoms with Crippen LogP contribution in [0.4, 0.5) is 0 Å². The minimum atomic E-state index is -1.56. The largest absolute Gasteiger partial charge is 0.508 e. The minimum Gasteiger partial charge on any atom is -0.508 e. The summed E-state index contributed by atoms with van der Waals surface area (Å²) in [4.78, 5) is 114. The highest BCUT2D eigenvalue weighted by molar-refractivity contribution is 7.98. The second-order valence-corrected chi connectivity index (χ2v) is 17.4. The number of nitrogens with one attached hydrogen (secondary N) is 8. The number of hydrogen-bond acceptors (Lipinski definition) is 12. The molecule has 0 saturated carbocycles. The number of hydrogen-bond donors (Lipinski definition) is 11. The normalized spacial score (nSPS) is 14.3. The van der Waals surface area contributed by atoms with Crippen LogP contribution in [0.25, 0.3) is 0 Å². The van der Waals surface area contributed by atoms with Crippen LogP contribution in [0.5, 0.6) is 5.75 Å². The molecule has 20 nitrogen and oxygen atoms in total. The Morgan fingerprint density at radius 1 is 0.697 bits per heavy atom. The molecule has 0 saturated heterocycles. The number of imidazole rings is 1. The van der Waals surface area contributed by atoms with Gasteiger partial charge in [-0.25, -0.2) is 4.98 Å². The highest BCUT2D eigenvalue weighted by Gasteiger charge is 2.34. The Kier molecular flexibility index (Phi) is 22.6. The van der Waals surface area contributed by atoms with E-state index in [0.29, 0.717) is 22.6 Å². The molecule has 21 heteroatoms. The third-order valence-corrected chi connectivity index (χ3v) is 11.0. The van der Waals surface area contributed by atoms with Gasteiger partial charge in [-0.1, -0.05) is 63.2 Å². The molecule has 66 heavy (non-hydrogen) atoms. The molecular weight excluding hydrogens is 873 g/mol. The van der Waals surface area contributed by atoms with Gasteiger partial charge >= 0.3 is 5.97 Å². The maximum absolute atomic E-state index is 14.4. The number of carbonyl (C=O) groups excluding carboxylic acids is 7. The second-order valence-electron chi connectivity index (χ2n) is 16.4. The number of phenolic OH excluding ortho intramolecular Hbond substituents is 1. The number of H-pyrrole nitrogens is 1. The molecule has 3 aromatic rings. The van der Waals surface area contributed by atoms with Crippen molar-refractivity contribution in [1.82, 2.24) is 47.2 Å². The van der Waals surface area contributed by atoms with E-state index < -0.39 is 90.0 Å². The van der Waals surface area contributed by atoms with Crippen molar-refractivity contribution < 1.29 is 48.6 Å². The van der Waals surface area contributed by atoms with Crippen LogP contribution in [0.2, 0.25) is 0 Å². The molecule has 0 aliphatic rings. The van der Waals surface area contributed by atoms with Gasteiger partial charge in [0.25, 0.3) is 0 Å². The number of rotatable bonds is 29. The Bertz CT molecular complexity index is 2060. The number of primary amides is 1. The van der Waals surface area contributed by atoms with Gasteiger partial charge in [0, 0.05) is 37.2 Å². The Morgan fingerprint density at radius 2 is 1.21 bits per heavy atom. The molecule has 0 radical (unpaired) electrons. The monoisotopic (exact) mass is 936 g/mol. The summed E-state index contributed by atoms with van der Waals surface area (Å²) in [6, 6.07) is 7.13. The number of thioether (sulfide) groups is 1. The molecule has 7 atom stereocenters. The fourth-order valence-electron chi connectivity index (χ4n) is 6.58. The van der Waals surface area contributed by atoms with Crippen LogP contribution in [0.15, 0.2) is 67.1 Å². The third kappa shape index (κ3) is 19.3. The molecule has 0 bridgehead atoms. The number of aromatic hydroxyl groups is 1. The van der Waals surface area contributed by atoms with Gasteiger partial charge in [0.2, 0.25) is 41.4 Å². The number of carbonyl (C=O) groups is 8. The summed E-state index contributed by atoms with van der Waals surface area (Å²) < 4.78 is 0. The van der Waals surface area contributed by atoms with E-state index >= 15 is 0 Å². The van der Waals surface area contributed by atoms with Crippen molar-refractivity contribution >= 4 is 59.1 Å². The van der Waals surface area contributed by atoms with E-state index in [1.807, 2.05) is 20.1 Å². The third-order valence-electron chi connectivity index (χ3n) is 10.4. The predicted molar refractivity (Wildman–Crippen MR) is 247 cm³/mol. The van der Waals surface area contributed by atoms with Crippen LogP contribution >= 0.6 is 11.8 Å². The van der Waals surface area contributed by atoms with Crippen molar-refractivity contribution in [2.24, 2.45) is 11.7 Å². The van der Waals surface area contributed by atoms with E-state index in [2.05, 4.69) is 47.2 Å². The summed E-state index contributed by atoms with van der Waals surface area (Å²) >= 11 is 1.42. The lowest BCUT2D eigenvalue weighted by atomic mass is 10.0. The van der Waals surface area contributed by atoms with Crippen molar-refractivity contribution in [3.8, 4) is 5.75 Å². The van der Waals surface area contributed by atoms with E-state index in [1.165, 1.54) is 36.4 Å². The first-order valence-electron chi connectivity index (χ1n) is 21.7. The van der Waals surface area contributed by atoms with Crippen LogP contribution in [0.3, 0.4) is 0 Å². The lowest BCUT2D eigenvalue weighted by Crippen LogP contribution is -2.60. The molecule has 7 amide bonds. The molecule has 3 rings (SSSR count). The van der Waals surface area contributed by atoms with Crippen LogP contribution < -0.4 is 43.0 Å². The first kappa shape index (κ1) is 53.9. The molecule has 1 aromatic heterocycles. The molecule has 0 aliphatic carbocycles. The topological polar surface area (TPSA) is 316 Å². The Hall–Kier alpha value is -6.48. The fourth-order valence-corrected chi connectivity index (χ4v) is 7.06. The molecule has 12 N–H and O–H groups in total. The quantitative estimate of drug-likeness (QED) is 0.0444. The smallest absolute Gasteiger partial charge is 0.305 e. The zero-order valence-electron chi connectivity index (χ0n) is 37.9. The summed E-state index contributed by atoms with van der Waals surface area (Å²) in [5, 5.41) is 38.2. The maximum atomic E-state index is 14.4. The van der Waals surface area contributed by atoms with Crippen molar-refractivity contribution in [2.75, 3.05) is 18.6 Å². The Balaban J connectivity index is 1.93. The minimum absolute atomic E-state index is 0.0186. The van der Waals surface area contributed by atoms with Gasteiger partial charge < -0.3 is 58.1 Å². The van der Waals surface area contributed by atoms with E-state index in [4.69, 9.17) is 5.73 Å². The number of aromatic nitrogens is 2. The van der Waals surface area contributed by atoms with Crippen molar-refractivity contribution in [2.45, 2.75) is 115 Å². The van der Waals surface area contributed by atoms with Gasteiger partial charge in [-0.15, -0.1) is 0 Å². The van der Waals surface area contributed by atoms with Gasteiger partial charge in [0.15, 0.2) is 0 Å². The zero-order valence-corrected chi connectivity index (χ0v) is 38.7. The van der Waals surface area contributed by atoms with Gasteiger partial charge in [0.1, 0.15) is 42.0 Å². The maximum Gasteiger partial charge on any atom is 0.305 e. The van der Waals surface area contributed by atoms with Crippen LogP contribution in [-0.2, 0) is 57.6 Å². The van der Waals surface area contributed by atoms with Crippen molar-refractivity contribution in [3.05, 3.63) is 83.9 Å². The summed E-state index contributed by atoms with van der Waals surface area (Å²) in [6.45, 7) is 7.39. The average molecular weight is 937 g/mol. The van der Waals surface area contributed by atoms with E-state index in [0.717, 1.165) is 6.42 Å². The SMILES string of the molecule is CC[C@H](C)NCC(=O)N[C@@H](Cc1ccc(O)cc1)C(=O)N[C@H](CCSC)C(=O)N[C@@H](Cc1ccccc1)C(=O)N[C@@H](Cc1cnc[nH]1)C(=O)N[C@@H](CC(C)C)C(=O)N[C@@H](CC(=O)O)C(N)=O. The average Bonchev–Trinajstić information content (AvgIpc) is 3.79. The number of nitrogens with two attached hydrogens (primary N) is 1. The second kappa shape index (κ2) is 27.8. The van der Waals surface area contributed by atoms with Gasteiger partial charge in [-0.3, -0.25) is 38.4 Å². The number of carboxylic acids is 1. The number of aromatic amines is 1. The number of phenols is 1. The zero-order chi connectivity index (χ0) is 48.8. The van der Waals surface area contributed by atoms with Gasteiger partial charge in [-0.2, -0.15) is 11.8 Å². The Labute approximate surface area is 388 Å². The molecule has 0 unspecified atom stereocenters. The molecule has 2 aromatic carbocycles. The molecule has 360 valence electrons. The Morgan fingerprint density at radius 3 is 1.74 bits per heavy atom. The van der Waals surface area contributed by atoms with Crippen LogP contribution in [0, 0.1) is 5.92 Å². The van der Waals surface area contributed by atoms with Crippen LogP contribution in [0.1, 0.15) is 70.2 Å². The van der Waals surface area contributed by atoms with Gasteiger partial charge in [-0.05, 0) is 67.4 Å². The first-order valence-corrected chi connectivity index (χ1v) is 23.1. The lowest BCUT2D eigenvalue weighted by molar-refractivity contribution is -0.140. The highest BCUT2D eigenvalue weighted by atomic mass is 32.2. The van der Waals surface area contributed by atoms with E-state index in [9.17, 15) is 48.6 Å². The summed E-state index contributed by atoms with van der Waals surface area (Å²) in [5.41, 5.74) is 7.06. The number of amides is 7. The van der Waals surface area contributed by atoms with E-state index in [-0.39, 0.29) is 56.4 Å². The number of aliphatic carboxylic acids is 1. The van der Waals surface area contributed by atoms with Crippen molar-refractivity contribution in [1.29, 1.82) is 0 Å². The van der Waals surface area contributed by atoms with E-state index in [1.54, 1.807) is 56.3 Å². The number of carboxylic acid groups (broad SMARTS) is 1. The van der Waals surface area contributed by atoms with Crippen molar-refractivity contribution in [3.63, 3.8) is 0 Å². The highest BCUT2D eigenvalue weighted by Crippen LogP contribution is 2.14. The molecule has 0 spiro atoms. The molecule has 1 heterocycles. The molecular formula is C45H64N10O10S.